The predicted molar refractivity (Wildman–Crippen MR) is 119 cm³/mol. The number of fused-ring (bicyclic) bond motifs is 2. The van der Waals surface area contributed by atoms with Crippen LogP contribution in [0.25, 0.3) is 0 Å². The molecule has 3 aliphatic rings. The maximum atomic E-state index is 14.2. The molecule has 0 bridgehead atoms. The molecule has 3 atom stereocenters. The van der Waals surface area contributed by atoms with Gasteiger partial charge in [-0.25, -0.2) is 14.5 Å². The van der Waals surface area contributed by atoms with Gasteiger partial charge in [0.15, 0.2) is 0 Å². The quantitative estimate of drug-likeness (QED) is 0.766. The first-order valence-corrected chi connectivity index (χ1v) is 10.7. The summed E-state index contributed by atoms with van der Waals surface area (Å²) in [6.45, 7) is 8.18. The summed E-state index contributed by atoms with van der Waals surface area (Å²) < 4.78 is 17.9. The van der Waals surface area contributed by atoms with Gasteiger partial charge in [-0.2, -0.15) is 0 Å². The number of rotatable bonds is 4. The Morgan fingerprint density at radius 2 is 1.81 bits per heavy atom. The average molecular weight is 437 g/mol. The van der Waals surface area contributed by atoms with Crippen LogP contribution in [0.1, 0.15) is 39.4 Å². The van der Waals surface area contributed by atoms with E-state index in [1.54, 1.807) is 23.0 Å². The van der Waals surface area contributed by atoms with Crippen LogP contribution in [0.4, 0.5) is 21.0 Å². The Bertz CT molecular complexity index is 1100. The third kappa shape index (κ3) is 2.25. The number of carbonyl (C=O) groups excluding carboxylic acids is 2. The highest BCUT2D eigenvalue weighted by molar-refractivity contribution is 6.13. The molecule has 2 saturated heterocycles. The van der Waals surface area contributed by atoms with E-state index in [4.69, 9.17) is 14.2 Å². The largest absolute Gasteiger partial charge is 0.497 e. The van der Waals surface area contributed by atoms with Crippen molar-refractivity contribution in [1.82, 2.24) is 5.32 Å². The molecular formula is C24H27N3O5. The van der Waals surface area contributed by atoms with E-state index >= 15 is 0 Å². The molecule has 2 aromatic carbocycles. The van der Waals surface area contributed by atoms with Crippen molar-refractivity contribution < 1.29 is 23.8 Å². The second kappa shape index (κ2) is 6.62. The van der Waals surface area contributed by atoms with Gasteiger partial charge in [-0.05, 0) is 25.1 Å². The smallest absolute Gasteiger partial charge is 0.411 e. The van der Waals surface area contributed by atoms with E-state index in [0.29, 0.717) is 23.7 Å². The van der Waals surface area contributed by atoms with Crippen LogP contribution in [0.15, 0.2) is 48.5 Å². The van der Waals surface area contributed by atoms with E-state index in [-0.39, 0.29) is 6.03 Å². The maximum Gasteiger partial charge on any atom is 0.411 e. The van der Waals surface area contributed by atoms with Crippen LogP contribution in [0, 0.1) is 5.41 Å². The number of hydrogen-bond donors (Lipinski definition) is 1. The number of amides is 3. The zero-order valence-electron chi connectivity index (χ0n) is 18.8. The summed E-state index contributed by atoms with van der Waals surface area (Å²) in [5.41, 5.74) is -1.31. The summed E-state index contributed by atoms with van der Waals surface area (Å²) in [6, 6.07) is 14.5. The first-order chi connectivity index (χ1) is 15.2. The molecule has 8 heteroatoms. The van der Waals surface area contributed by atoms with Crippen molar-refractivity contribution >= 4 is 23.5 Å². The molecule has 168 valence electrons. The number of benzene rings is 2. The normalized spacial score (nSPS) is 28.2. The van der Waals surface area contributed by atoms with Gasteiger partial charge in [0.05, 0.1) is 12.8 Å². The van der Waals surface area contributed by atoms with Gasteiger partial charge in [-0.3, -0.25) is 10.2 Å². The Morgan fingerprint density at radius 1 is 1.09 bits per heavy atom. The third-order valence-corrected chi connectivity index (χ3v) is 6.60. The van der Waals surface area contributed by atoms with Crippen LogP contribution >= 0.6 is 0 Å². The lowest BCUT2D eigenvalue weighted by molar-refractivity contribution is -0.113. The second-order valence-electron chi connectivity index (χ2n) is 9.22. The van der Waals surface area contributed by atoms with E-state index < -0.39 is 29.0 Å². The average Bonchev–Trinajstić information content (AvgIpc) is 3.28. The molecule has 3 heterocycles. The standard InChI is InChI=1S/C24H27N3O5/c1-6-31-19-17-13-12-16(30-5)14-18(17)27-21(29)26(15-10-8-7-9-11-15)24(22(2,3)4)23(19,27)25-20(28)32-24/h7-14,19H,6H2,1-5H3,(H,25,28)/t19-,23-,24-/m1/s1. The third-order valence-electron chi connectivity index (χ3n) is 6.60. The van der Waals surface area contributed by atoms with Gasteiger partial charge in [0, 0.05) is 29.3 Å². The number of urea groups is 1. The zero-order chi connectivity index (χ0) is 22.9. The van der Waals surface area contributed by atoms with E-state index in [2.05, 4.69) is 5.32 Å². The summed E-state index contributed by atoms with van der Waals surface area (Å²) in [5, 5.41) is 3.02. The van der Waals surface area contributed by atoms with Gasteiger partial charge >= 0.3 is 12.1 Å². The summed E-state index contributed by atoms with van der Waals surface area (Å²) in [7, 11) is 1.58. The van der Waals surface area contributed by atoms with Crippen molar-refractivity contribution in [2.24, 2.45) is 5.41 Å². The molecule has 2 aromatic rings. The Kier molecular flexibility index (Phi) is 4.27. The highest BCUT2D eigenvalue weighted by Crippen LogP contribution is 2.65. The molecule has 2 fully saturated rings. The zero-order valence-corrected chi connectivity index (χ0v) is 18.8. The van der Waals surface area contributed by atoms with Crippen LogP contribution in [0.2, 0.25) is 0 Å². The highest BCUT2D eigenvalue weighted by atomic mass is 16.6. The fourth-order valence-corrected chi connectivity index (χ4v) is 5.54. The van der Waals surface area contributed by atoms with Crippen molar-refractivity contribution in [1.29, 1.82) is 0 Å². The molecule has 5 rings (SSSR count). The Hall–Kier alpha value is -3.26. The van der Waals surface area contributed by atoms with Gasteiger partial charge < -0.3 is 14.2 Å². The lowest BCUT2D eigenvalue weighted by Crippen LogP contribution is -2.71. The molecule has 0 aromatic heterocycles. The first kappa shape index (κ1) is 20.6. The molecule has 1 spiro atoms. The van der Waals surface area contributed by atoms with Crippen molar-refractivity contribution in [2.75, 3.05) is 23.5 Å². The number of carbonyl (C=O) groups is 2. The molecule has 3 amide bonds. The second-order valence-corrected chi connectivity index (χ2v) is 9.22. The topological polar surface area (TPSA) is 80.3 Å². The minimum absolute atomic E-state index is 0.303. The summed E-state index contributed by atoms with van der Waals surface area (Å²) in [6.07, 6.45) is -1.24. The number of methoxy groups -OCH3 is 1. The summed E-state index contributed by atoms with van der Waals surface area (Å²) >= 11 is 0. The van der Waals surface area contributed by atoms with Crippen LogP contribution in [0.3, 0.4) is 0 Å². The van der Waals surface area contributed by atoms with Crippen molar-refractivity contribution in [3.05, 3.63) is 54.1 Å². The van der Waals surface area contributed by atoms with E-state index in [1.807, 2.05) is 70.2 Å². The maximum absolute atomic E-state index is 14.2. The Morgan fingerprint density at radius 3 is 2.44 bits per heavy atom. The fraction of sp³-hybridized carbons (Fsp3) is 0.417. The van der Waals surface area contributed by atoms with Crippen LogP contribution in [-0.2, 0) is 9.47 Å². The first-order valence-electron chi connectivity index (χ1n) is 10.7. The number of ether oxygens (including phenoxy) is 3. The lowest BCUT2D eigenvalue weighted by Gasteiger charge is -2.49. The monoisotopic (exact) mass is 437 g/mol. The van der Waals surface area contributed by atoms with Gasteiger partial charge in [0.2, 0.25) is 11.4 Å². The van der Waals surface area contributed by atoms with E-state index in [0.717, 1.165) is 5.56 Å². The van der Waals surface area contributed by atoms with Crippen molar-refractivity contribution in [2.45, 2.75) is 45.2 Å². The number of nitrogens with one attached hydrogen (secondary N) is 1. The highest BCUT2D eigenvalue weighted by Gasteiger charge is 2.84. The number of hydrogen-bond acceptors (Lipinski definition) is 5. The molecule has 0 radical (unpaired) electrons. The molecule has 0 saturated carbocycles. The number of para-hydroxylation sites is 1. The van der Waals surface area contributed by atoms with Crippen molar-refractivity contribution in [3.63, 3.8) is 0 Å². The number of nitrogens with zero attached hydrogens (tertiary/aromatic N) is 2. The van der Waals surface area contributed by atoms with Crippen LogP contribution in [0.5, 0.6) is 5.75 Å². The lowest BCUT2D eigenvalue weighted by atomic mass is 9.72. The number of anilines is 2. The molecule has 0 aliphatic carbocycles. The van der Waals surface area contributed by atoms with Crippen molar-refractivity contribution in [3.8, 4) is 5.75 Å². The Balaban J connectivity index is 1.86. The number of alkyl carbamates (subject to hydrolysis) is 1. The minimum Gasteiger partial charge on any atom is -0.497 e. The molecular weight excluding hydrogens is 410 g/mol. The van der Waals surface area contributed by atoms with Crippen LogP contribution < -0.4 is 19.9 Å². The fourth-order valence-electron chi connectivity index (χ4n) is 5.54. The van der Waals surface area contributed by atoms with E-state index in [1.165, 1.54) is 0 Å². The van der Waals surface area contributed by atoms with Gasteiger partial charge in [-0.1, -0.05) is 45.0 Å². The van der Waals surface area contributed by atoms with Gasteiger partial charge in [0.1, 0.15) is 11.9 Å². The predicted octanol–water partition coefficient (Wildman–Crippen LogP) is 4.41. The molecule has 1 N–H and O–H groups in total. The molecule has 3 aliphatic heterocycles. The summed E-state index contributed by atoms with van der Waals surface area (Å²) in [5.74, 6) is 0.605. The van der Waals surface area contributed by atoms with Crippen LogP contribution in [-0.4, -0.2) is 37.2 Å². The molecule has 32 heavy (non-hydrogen) atoms. The Labute approximate surface area is 187 Å². The molecule has 8 nitrogen and oxygen atoms in total. The van der Waals surface area contributed by atoms with E-state index in [9.17, 15) is 9.59 Å². The minimum atomic E-state index is -1.39. The summed E-state index contributed by atoms with van der Waals surface area (Å²) in [4.78, 5) is 30.4. The molecule has 0 unspecified atom stereocenters. The van der Waals surface area contributed by atoms with Gasteiger partial charge in [-0.15, -0.1) is 0 Å². The van der Waals surface area contributed by atoms with Gasteiger partial charge in [0.25, 0.3) is 0 Å². The SMILES string of the molecule is CCO[C@@H]1c2ccc(OC)cc2N2C(=O)N(c3ccccc3)[C@]3(C(C)(C)C)OC(=O)N[C@]123.